The molecule has 0 aromatic heterocycles. The summed E-state index contributed by atoms with van der Waals surface area (Å²) in [6.07, 6.45) is 4.20. The Morgan fingerprint density at radius 2 is 1.53 bits per heavy atom. The molecule has 1 heterocycles. The Morgan fingerprint density at radius 3 is 2.00 bits per heavy atom. The maximum atomic E-state index is 14.2. The Balaban J connectivity index is 3.29. The monoisotopic (exact) mass is 753 g/mol. The van der Waals surface area contributed by atoms with Gasteiger partial charge < -0.3 is 29.9 Å². The molecule has 0 radical (unpaired) electrons. The molecule has 0 aromatic rings. The summed E-state index contributed by atoms with van der Waals surface area (Å²) in [6.45, 7) is 18.1. The molecule has 14 nitrogen and oxygen atoms in total. The van der Waals surface area contributed by atoms with Crippen molar-refractivity contribution < 1.29 is 38.7 Å². The highest BCUT2D eigenvalue weighted by atomic mass is 16.5. The fourth-order valence-electron chi connectivity index (χ4n) is 7.66. The lowest BCUT2D eigenvalue weighted by atomic mass is 9.89. The number of carbonyl (C=O) groups excluding carboxylic acids is 5. The normalized spacial score (nSPS) is 19.5. The van der Waals surface area contributed by atoms with E-state index in [-0.39, 0.29) is 59.8 Å². The number of rotatable bonds is 22. The van der Waals surface area contributed by atoms with Crippen LogP contribution < -0.4 is 16.1 Å². The van der Waals surface area contributed by atoms with Gasteiger partial charge in [-0.2, -0.15) is 0 Å². The predicted molar refractivity (Wildman–Crippen MR) is 206 cm³/mol. The van der Waals surface area contributed by atoms with E-state index in [1.807, 2.05) is 74.4 Å². The molecule has 306 valence electrons. The summed E-state index contributed by atoms with van der Waals surface area (Å²) in [5.41, 5.74) is 1.56. The van der Waals surface area contributed by atoms with E-state index in [0.29, 0.717) is 19.4 Å². The van der Waals surface area contributed by atoms with Crippen LogP contribution in [0.3, 0.4) is 0 Å². The van der Waals surface area contributed by atoms with Crippen molar-refractivity contribution in [3.63, 3.8) is 0 Å². The van der Waals surface area contributed by atoms with Crippen molar-refractivity contribution in [3.8, 4) is 0 Å². The molecule has 1 aliphatic rings. The van der Waals surface area contributed by atoms with Crippen LogP contribution in [-0.2, 0) is 33.4 Å². The number of likely N-dealkylation sites (N-methyl/N-ethyl adjacent to an activating group) is 2. The SMILES string of the molecule is CC[C@H](C)[C@@H]([C@@H](CC(=O)N1CCC[C@H]1[C@H](OC)[C@@H](C)C(=O)N[C@H](/C=C/C(=O)NO)CC(C)C)OC)N(C)C(=O)[C@@H](NC(=O)C(C(C)C)N(C)C)C(C)C. The molecule has 1 rings (SSSR count). The van der Waals surface area contributed by atoms with Crippen LogP contribution in [-0.4, -0.2) is 134 Å². The number of nitrogens with one attached hydrogen (secondary N) is 3. The maximum Gasteiger partial charge on any atom is 0.267 e. The zero-order valence-electron chi connectivity index (χ0n) is 35.0. The van der Waals surface area contributed by atoms with Gasteiger partial charge in [-0.15, -0.1) is 0 Å². The summed E-state index contributed by atoms with van der Waals surface area (Å²) < 4.78 is 11.9. The topological polar surface area (TPSA) is 170 Å². The first kappa shape index (κ1) is 48.0. The summed E-state index contributed by atoms with van der Waals surface area (Å²) >= 11 is 0. The van der Waals surface area contributed by atoms with E-state index >= 15 is 0 Å². The van der Waals surface area contributed by atoms with E-state index in [0.717, 1.165) is 12.8 Å². The minimum atomic E-state index is -0.769. The Labute approximate surface area is 319 Å². The molecule has 1 aliphatic heterocycles. The fourth-order valence-corrected chi connectivity index (χ4v) is 7.66. The van der Waals surface area contributed by atoms with Gasteiger partial charge in [-0.05, 0) is 57.0 Å². The van der Waals surface area contributed by atoms with Gasteiger partial charge in [0, 0.05) is 39.9 Å². The first-order valence-corrected chi connectivity index (χ1v) is 19.3. The number of likely N-dealkylation sites (tertiary alicyclic amines) is 1. The lowest BCUT2D eigenvalue weighted by molar-refractivity contribution is -0.148. The lowest BCUT2D eigenvalue weighted by Crippen LogP contribution is -2.59. The second-order valence-electron chi connectivity index (χ2n) is 16.1. The van der Waals surface area contributed by atoms with Crippen molar-refractivity contribution in [2.45, 2.75) is 137 Å². The van der Waals surface area contributed by atoms with Crippen LogP contribution >= 0.6 is 0 Å². The van der Waals surface area contributed by atoms with Crippen LogP contribution in [0, 0.1) is 29.6 Å². The molecule has 0 saturated carbocycles. The summed E-state index contributed by atoms with van der Waals surface area (Å²) in [7, 11) is 8.51. The van der Waals surface area contributed by atoms with Crippen LogP contribution in [0.25, 0.3) is 0 Å². The highest BCUT2D eigenvalue weighted by Crippen LogP contribution is 2.30. The molecule has 53 heavy (non-hydrogen) atoms. The maximum absolute atomic E-state index is 14.2. The van der Waals surface area contributed by atoms with Crippen molar-refractivity contribution in [3.05, 3.63) is 12.2 Å². The molecular weight excluding hydrogens is 680 g/mol. The summed E-state index contributed by atoms with van der Waals surface area (Å²) in [6, 6.07) is -2.45. The summed E-state index contributed by atoms with van der Waals surface area (Å²) in [5, 5.41) is 14.9. The van der Waals surface area contributed by atoms with Gasteiger partial charge in [-0.25, -0.2) is 5.48 Å². The summed E-state index contributed by atoms with van der Waals surface area (Å²) in [4.78, 5) is 72.2. The van der Waals surface area contributed by atoms with Gasteiger partial charge >= 0.3 is 0 Å². The third kappa shape index (κ3) is 13.9. The number of carbonyl (C=O) groups is 5. The summed E-state index contributed by atoms with van der Waals surface area (Å²) in [5.74, 6) is -2.16. The predicted octanol–water partition coefficient (Wildman–Crippen LogP) is 3.23. The van der Waals surface area contributed by atoms with Crippen LogP contribution in [0.1, 0.15) is 94.4 Å². The minimum Gasteiger partial charge on any atom is -0.379 e. The molecule has 4 N–H and O–H groups in total. The Bertz CT molecular complexity index is 1200. The van der Waals surface area contributed by atoms with E-state index in [4.69, 9.17) is 14.7 Å². The van der Waals surface area contributed by atoms with Crippen molar-refractivity contribution >= 4 is 29.5 Å². The van der Waals surface area contributed by atoms with Gasteiger partial charge in [0.05, 0.1) is 42.7 Å². The van der Waals surface area contributed by atoms with Gasteiger partial charge in [-0.1, -0.05) is 74.8 Å². The average molecular weight is 753 g/mol. The highest BCUT2D eigenvalue weighted by Gasteiger charge is 2.43. The lowest BCUT2D eigenvalue weighted by Gasteiger charge is -2.41. The number of hydroxylamine groups is 1. The quantitative estimate of drug-likeness (QED) is 0.0737. The Morgan fingerprint density at radius 1 is 0.906 bits per heavy atom. The van der Waals surface area contributed by atoms with Crippen LogP contribution in [0.4, 0.5) is 0 Å². The zero-order chi connectivity index (χ0) is 40.7. The van der Waals surface area contributed by atoms with Crippen molar-refractivity contribution in [2.75, 3.05) is 41.9 Å². The van der Waals surface area contributed by atoms with E-state index in [1.54, 1.807) is 42.4 Å². The first-order valence-electron chi connectivity index (χ1n) is 19.3. The third-order valence-corrected chi connectivity index (χ3v) is 10.6. The molecule has 0 aromatic carbocycles. The number of ether oxygens (including phenoxy) is 2. The molecule has 5 amide bonds. The van der Waals surface area contributed by atoms with Gasteiger partial charge in [0.2, 0.25) is 23.6 Å². The van der Waals surface area contributed by atoms with E-state index in [9.17, 15) is 24.0 Å². The van der Waals surface area contributed by atoms with Crippen molar-refractivity contribution in [2.24, 2.45) is 29.6 Å². The molecule has 0 aliphatic carbocycles. The molecule has 1 saturated heterocycles. The zero-order valence-corrected chi connectivity index (χ0v) is 35.0. The average Bonchev–Trinajstić information content (AvgIpc) is 3.57. The highest BCUT2D eigenvalue weighted by molar-refractivity contribution is 5.90. The molecule has 1 fully saturated rings. The van der Waals surface area contributed by atoms with Gasteiger partial charge in [-0.3, -0.25) is 34.1 Å². The molecular formula is C39H72N6O8. The van der Waals surface area contributed by atoms with Crippen molar-refractivity contribution in [1.82, 2.24) is 30.8 Å². The molecule has 14 heteroatoms. The number of hydrogen-bond donors (Lipinski definition) is 4. The molecule has 0 bridgehead atoms. The van der Waals surface area contributed by atoms with E-state index < -0.39 is 48.2 Å². The van der Waals surface area contributed by atoms with Gasteiger partial charge in [0.1, 0.15) is 6.04 Å². The Hall–Kier alpha value is -3.07. The number of nitrogens with zero attached hydrogens (tertiary/aromatic N) is 3. The smallest absolute Gasteiger partial charge is 0.267 e. The van der Waals surface area contributed by atoms with Crippen LogP contribution in [0.2, 0.25) is 0 Å². The number of amides is 5. The second-order valence-corrected chi connectivity index (χ2v) is 16.1. The van der Waals surface area contributed by atoms with Crippen LogP contribution in [0.5, 0.6) is 0 Å². The molecule has 0 spiro atoms. The number of hydrogen-bond acceptors (Lipinski definition) is 9. The second kappa shape index (κ2) is 23.0. The van der Waals surface area contributed by atoms with Gasteiger partial charge in [0.15, 0.2) is 0 Å². The Kier molecular flexibility index (Phi) is 20.8. The van der Waals surface area contributed by atoms with E-state index in [2.05, 4.69) is 10.6 Å². The number of methoxy groups -OCH3 is 2. The minimum absolute atomic E-state index is 0.0135. The fraction of sp³-hybridized carbons (Fsp3) is 0.821. The third-order valence-electron chi connectivity index (χ3n) is 10.6. The molecule has 1 unspecified atom stereocenters. The van der Waals surface area contributed by atoms with Crippen molar-refractivity contribution in [1.29, 1.82) is 0 Å². The molecule has 9 atom stereocenters. The largest absolute Gasteiger partial charge is 0.379 e. The first-order chi connectivity index (χ1) is 24.8. The standard InChI is InChI=1S/C39H72N6O8/c1-15-26(8)35(44(12)39(50)33(24(4)5)41-38(49)34(25(6)7)43(10)11)30(52-13)22-32(47)45-20-16-17-29(45)36(53-14)27(9)37(48)40-28(21-23(2)3)18-19-31(46)42-51/h18-19,23-30,33-36,51H,15-17,20-22H2,1-14H3,(H,40,48)(H,41,49)(H,42,46)/b19-18+/t26-,27+,28+,29-,30+,33-,34?,35-,36+/m0/s1. The van der Waals surface area contributed by atoms with E-state index in [1.165, 1.54) is 13.2 Å². The van der Waals surface area contributed by atoms with Crippen LogP contribution in [0.15, 0.2) is 12.2 Å². The van der Waals surface area contributed by atoms with Gasteiger partial charge in [0.25, 0.3) is 5.91 Å².